The fourth-order valence-electron chi connectivity index (χ4n) is 0.560. The molecule has 0 aromatic heterocycles. The Morgan fingerprint density at radius 2 is 1.62 bits per heavy atom. The van der Waals surface area contributed by atoms with Crippen LogP contribution >= 0.6 is 0 Å². The van der Waals surface area contributed by atoms with Gasteiger partial charge in [0.2, 0.25) is 0 Å². The van der Waals surface area contributed by atoms with Crippen LogP contribution in [-0.4, -0.2) is 12.7 Å². The lowest BCUT2D eigenvalue weighted by molar-refractivity contribution is 0.454. The highest BCUT2D eigenvalue weighted by Gasteiger charge is 1.88. The van der Waals surface area contributed by atoms with Crippen molar-refractivity contribution in [3.63, 3.8) is 0 Å². The van der Waals surface area contributed by atoms with E-state index in [0.717, 1.165) is 5.92 Å². The van der Waals surface area contributed by atoms with Crippen molar-refractivity contribution in [1.82, 2.24) is 0 Å². The third-order valence-corrected chi connectivity index (χ3v) is 0.932. The lowest BCUT2D eigenvalue weighted by Gasteiger charge is -1.97. The molecule has 1 radical (unpaired) electrons. The largest absolute Gasteiger partial charge is 0.569 e. The van der Waals surface area contributed by atoms with Gasteiger partial charge in [-0.3, -0.25) is 0 Å². The van der Waals surface area contributed by atoms with E-state index in [4.69, 9.17) is 5.02 Å². The van der Waals surface area contributed by atoms with Crippen molar-refractivity contribution in [2.24, 2.45) is 5.92 Å². The predicted octanol–water partition coefficient (Wildman–Crippen LogP) is 2.25. The minimum atomic E-state index is 0.639. The first kappa shape index (κ1) is 12.0. The molecular formula is C10H16BO2. The zero-order chi connectivity index (χ0) is 10.1. The van der Waals surface area contributed by atoms with Crippen LogP contribution in [0.15, 0.2) is 30.3 Å². The van der Waals surface area contributed by atoms with Crippen molar-refractivity contribution < 1.29 is 9.68 Å². The molecule has 0 aliphatic heterocycles. The number of benzene rings is 1. The Kier molecular flexibility index (Phi) is 7.12. The molecule has 0 heterocycles. The number of hydrogen-bond acceptors (Lipinski definition) is 2. The summed E-state index contributed by atoms with van der Waals surface area (Å²) >= 11 is 0. The summed E-state index contributed by atoms with van der Waals surface area (Å²) in [6.07, 6.45) is 0. The maximum Gasteiger partial charge on any atom is 0.569 e. The second-order valence-corrected chi connectivity index (χ2v) is 3.27. The highest BCUT2D eigenvalue weighted by molar-refractivity contribution is 6.17. The van der Waals surface area contributed by atoms with Gasteiger partial charge in [0.1, 0.15) is 0 Å². The van der Waals surface area contributed by atoms with E-state index in [2.05, 4.69) is 25.4 Å². The maximum atomic E-state index is 8.17. The molecule has 0 aliphatic carbocycles. The van der Waals surface area contributed by atoms with Crippen molar-refractivity contribution in [3.8, 4) is 5.75 Å². The fourth-order valence-corrected chi connectivity index (χ4v) is 0.560. The number of hydrogen-bond donors (Lipinski definition) is 1. The minimum Gasteiger partial charge on any atom is -0.537 e. The molecule has 0 bridgehead atoms. The second-order valence-electron chi connectivity index (χ2n) is 3.27. The summed E-state index contributed by atoms with van der Waals surface area (Å²) in [5, 5.41) is 8.17. The van der Waals surface area contributed by atoms with E-state index in [1.54, 1.807) is 12.1 Å². The molecule has 0 spiro atoms. The molecule has 1 aromatic carbocycles. The van der Waals surface area contributed by atoms with Gasteiger partial charge in [0, 0.05) is 0 Å². The zero-order valence-electron chi connectivity index (χ0n) is 8.40. The molecule has 0 fully saturated rings. The molecule has 0 saturated heterocycles. The molecular weight excluding hydrogens is 163 g/mol. The van der Waals surface area contributed by atoms with Crippen molar-refractivity contribution in [1.29, 1.82) is 0 Å². The van der Waals surface area contributed by atoms with Gasteiger partial charge in [-0.15, -0.1) is 0 Å². The molecule has 71 valence electrons. The standard InChI is InChI=1S/C6H6BO2.C4H10/c8-7-9-6-4-2-1-3-5-6;1-4(2)3/h1-5,8H;4H,1-3H3. The summed E-state index contributed by atoms with van der Waals surface area (Å²) in [6.45, 7) is 6.50. The normalized spacial score (nSPS) is 8.69. The Morgan fingerprint density at radius 3 is 2.00 bits per heavy atom. The summed E-state index contributed by atoms with van der Waals surface area (Å²) in [7, 11) is 0.662. The average molecular weight is 179 g/mol. The Labute approximate surface area is 80.9 Å². The molecule has 1 N–H and O–H groups in total. The Hall–Kier alpha value is -0.955. The summed E-state index contributed by atoms with van der Waals surface area (Å²) < 4.78 is 4.64. The minimum absolute atomic E-state index is 0.639. The Morgan fingerprint density at radius 1 is 1.15 bits per heavy atom. The summed E-state index contributed by atoms with van der Waals surface area (Å²) in [5.41, 5.74) is 0. The monoisotopic (exact) mass is 179 g/mol. The quantitative estimate of drug-likeness (QED) is 0.705. The van der Waals surface area contributed by atoms with Gasteiger partial charge in [0.15, 0.2) is 0 Å². The summed E-state index contributed by atoms with van der Waals surface area (Å²) in [4.78, 5) is 0. The molecule has 0 atom stereocenters. The fraction of sp³-hybridized carbons (Fsp3) is 0.400. The van der Waals surface area contributed by atoms with E-state index < -0.39 is 0 Å². The molecule has 1 rings (SSSR count). The SMILES string of the molecule is CC(C)C.O[B]Oc1ccccc1. The van der Waals surface area contributed by atoms with Crippen LogP contribution in [0.5, 0.6) is 5.75 Å². The third kappa shape index (κ3) is 8.96. The van der Waals surface area contributed by atoms with Gasteiger partial charge in [0.05, 0.1) is 5.75 Å². The summed E-state index contributed by atoms with van der Waals surface area (Å²) in [5.74, 6) is 1.47. The first-order valence-electron chi connectivity index (χ1n) is 4.34. The predicted molar refractivity (Wildman–Crippen MR) is 55.6 cm³/mol. The van der Waals surface area contributed by atoms with Crippen molar-refractivity contribution >= 4 is 7.69 Å². The van der Waals surface area contributed by atoms with E-state index in [0.29, 0.717) is 13.4 Å². The first-order valence-corrected chi connectivity index (χ1v) is 4.34. The van der Waals surface area contributed by atoms with Crippen LogP contribution in [-0.2, 0) is 0 Å². The van der Waals surface area contributed by atoms with Crippen LogP contribution in [0.2, 0.25) is 0 Å². The van der Waals surface area contributed by atoms with Crippen LogP contribution in [0, 0.1) is 5.92 Å². The number of rotatable bonds is 2. The van der Waals surface area contributed by atoms with Crippen molar-refractivity contribution in [2.45, 2.75) is 20.8 Å². The average Bonchev–Trinajstić information content (AvgIpc) is 2.06. The zero-order valence-corrected chi connectivity index (χ0v) is 8.40. The second kappa shape index (κ2) is 7.68. The van der Waals surface area contributed by atoms with Crippen LogP contribution in [0.4, 0.5) is 0 Å². The van der Waals surface area contributed by atoms with E-state index in [-0.39, 0.29) is 0 Å². The third-order valence-electron chi connectivity index (χ3n) is 0.932. The maximum absolute atomic E-state index is 8.17. The van der Waals surface area contributed by atoms with Crippen LogP contribution in [0.3, 0.4) is 0 Å². The van der Waals surface area contributed by atoms with Gasteiger partial charge in [-0.25, -0.2) is 0 Å². The van der Waals surface area contributed by atoms with E-state index in [1.807, 2.05) is 18.2 Å². The molecule has 2 nitrogen and oxygen atoms in total. The molecule has 0 unspecified atom stereocenters. The first-order chi connectivity index (χ1) is 6.16. The Bertz CT molecular complexity index is 197. The molecule has 1 aromatic rings. The van der Waals surface area contributed by atoms with E-state index in [9.17, 15) is 0 Å². The van der Waals surface area contributed by atoms with Gasteiger partial charge in [-0.2, -0.15) is 0 Å². The number of para-hydroxylation sites is 1. The van der Waals surface area contributed by atoms with Gasteiger partial charge in [-0.1, -0.05) is 39.0 Å². The highest BCUT2D eigenvalue weighted by Crippen LogP contribution is 2.06. The molecule has 13 heavy (non-hydrogen) atoms. The Balaban J connectivity index is 0.000000310. The topological polar surface area (TPSA) is 29.5 Å². The highest BCUT2D eigenvalue weighted by atomic mass is 16.5. The molecule has 0 saturated carbocycles. The van der Waals surface area contributed by atoms with Crippen LogP contribution < -0.4 is 4.65 Å². The summed E-state index contributed by atoms with van der Waals surface area (Å²) in [6, 6.07) is 9.06. The molecule has 3 heteroatoms. The van der Waals surface area contributed by atoms with Crippen molar-refractivity contribution in [2.75, 3.05) is 0 Å². The molecule has 0 amide bonds. The smallest absolute Gasteiger partial charge is 0.537 e. The van der Waals surface area contributed by atoms with Gasteiger partial charge in [0.25, 0.3) is 0 Å². The van der Waals surface area contributed by atoms with Crippen LogP contribution in [0.1, 0.15) is 20.8 Å². The van der Waals surface area contributed by atoms with Crippen molar-refractivity contribution in [3.05, 3.63) is 30.3 Å². The molecule has 0 aliphatic rings. The van der Waals surface area contributed by atoms with Gasteiger partial charge >= 0.3 is 7.69 Å². The van der Waals surface area contributed by atoms with E-state index in [1.165, 1.54) is 0 Å². The lowest BCUT2D eigenvalue weighted by atomic mass is 10.3. The van der Waals surface area contributed by atoms with Gasteiger partial charge < -0.3 is 9.68 Å². The lowest BCUT2D eigenvalue weighted by Crippen LogP contribution is -1.98. The van der Waals surface area contributed by atoms with Gasteiger partial charge in [-0.05, 0) is 18.1 Å². The van der Waals surface area contributed by atoms with E-state index >= 15 is 0 Å². The van der Waals surface area contributed by atoms with Crippen LogP contribution in [0.25, 0.3) is 0 Å².